The molecule has 0 spiro atoms. The second kappa shape index (κ2) is 5.55. The molecular formula is C13H13Cl2N3O. The van der Waals surface area contributed by atoms with Gasteiger partial charge in [-0.15, -0.1) is 0 Å². The third-order valence-corrected chi connectivity index (χ3v) is 3.22. The van der Waals surface area contributed by atoms with Gasteiger partial charge in [-0.2, -0.15) is 0 Å². The fraction of sp³-hybridized carbons (Fsp3) is 0.154. The average molecular weight is 298 g/mol. The van der Waals surface area contributed by atoms with E-state index in [0.29, 0.717) is 33.7 Å². The Hall–Kier alpha value is -1.65. The minimum Gasteiger partial charge on any atom is -0.397 e. The summed E-state index contributed by atoms with van der Waals surface area (Å²) in [5.41, 5.74) is 7.25. The first-order valence-corrected chi connectivity index (χ1v) is 6.49. The number of nitrogen functional groups attached to an aromatic ring is 1. The van der Waals surface area contributed by atoms with Gasteiger partial charge in [0.2, 0.25) is 0 Å². The van der Waals surface area contributed by atoms with E-state index in [1.165, 1.54) is 0 Å². The molecule has 1 amide bonds. The van der Waals surface area contributed by atoms with Crippen LogP contribution in [0.4, 0.5) is 11.4 Å². The van der Waals surface area contributed by atoms with Crippen molar-refractivity contribution in [2.75, 3.05) is 11.1 Å². The van der Waals surface area contributed by atoms with Gasteiger partial charge in [-0.1, -0.05) is 23.2 Å². The molecule has 0 saturated heterocycles. The Morgan fingerprint density at radius 2 is 2.11 bits per heavy atom. The first-order valence-electron chi connectivity index (χ1n) is 5.73. The molecule has 0 bridgehead atoms. The number of amides is 1. The van der Waals surface area contributed by atoms with Gasteiger partial charge in [0, 0.05) is 17.8 Å². The Kier molecular flexibility index (Phi) is 4.02. The maximum atomic E-state index is 12.2. The van der Waals surface area contributed by atoms with Crippen molar-refractivity contribution >= 4 is 40.5 Å². The Morgan fingerprint density at radius 1 is 1.37 bits per heavy atom. The van der Waals surface area contributed by atoms with E-state index in [1.807, 2.05) is 6.92 Å². The molecule has 2 rings (SSSR count). The number of carbonyl (C=O) groups excluding carboxylic acids is 1. The second-order valence-electron chi connectivity index (χ2n) is 4.02. The summed E-state index contributed by atoms with van der Waals surface area (Å²) in [7, 11) is 0. The number of aryl methyl sites for hydroxylation is 1. The summed E-state index contributed by atoms with van der Waals surface area (Å²) < 4.78 is 1.77. The zero-order valence-electron chi connectivity index (χ0n) is 10.3. The molecule has 2 aromatic rings. The second-order valence-corrected chi connectivity index (χ2v) is 4.87. The van der Waals surface area contributed by atoms with Crippen LogP contribution in [0.1, 0.15) is 17.4 Å². The van der Waals surface area contributed by atoms with Crippen molar-refractivity contribution in [3.05, 3.63) is 46.2 Å². The number of hydrogen-bond donors (Lipinski definition) is 2. The van der Waals surface area contributed by atoms with Crippen molar-refractivity contribution in [3.63, 3.8) is 0 Å². The van der Waals surface area contributed by atoms with Gasteiger partial charge < -0.3 is 15.6 Å². The number of aromatic nitrogens is 1. The van der Waals surface area contributed by atoms with Crippen LogP contribution in [-0.2, 0) is 6.54 Å². The quantitative estimate of drug-likeness (QED) is 0.908. The van der Waals surface area contributed by atoms with Crippen LogP contribution in [-0.4, -0.2) is 10.5 Å². The number of nitrogens with two attached hydrogens (primary N) is 1. The molecule has 0 atom stereocenters. The van der Waals surface area contributed by atoms with Crippen LogP contribution < -0.4 is 11.1 Å². The molecule has 1 aromatic carbocycles. The molecule has 4 nitrogen and oxygen atoms in total. The van der Waals surface area contributed by atoms with E-state index >= 15 is 0 Å². The number of nitrogens with zero attached hydrogens (tertiary/aromatic N) is 1. The monoisotopic (exact) mass is 297 g/mol. The highest BCUT2D eigenvalue weighted by Crippen LogP contribution is 2.26. The predicted octanol–water partition coefficient (Wildman–Crippen LogP) is 3.65. The summed E-state index contributed by atoms with van der Waals surface area (Å²) in [5, 5.41) is 3.65. The first-order chi connectivity index (χ1) is 9.01. The van der Waals surface area contributed by atoms with Crippen molar-refractivity contribution in [1.29, 1.82) is 0 Å². The molecule has 1 aromatic heterocycles. The normalized spacial score (nSPS) is 10.5. The lowest BCUT2D eigenvalue weighted by molar-refractivity contribution is 0.101. The highest BCUT2D eigenvalue weighted by Gasteiger charge is 2.13. The highest BCUT2D eigenvalue weighted by atomic mass is 35.5. The molecule has 6 heteroatoms. The molecule has 0 unspecified atom stereocenters. The third kappa shape index (κ3) is 3.03. The SMILES string of the molecule is CCn1cc(N)cc1C(=O)Nc1ccc(Cl)cc1Cl. The van der Waals surface area contributed by atoms with Crippen molar-refractivity contribution < 1.29 is 4.79 Å². The van der Waals surface area contributed by atoms with Gasteiger partial charge in [0.25, 0.3) is 5.91 Å². The van der Waals surface area contributed by atoms with Gasteiger partial charge in [0.1, 0.15) is 5.69 Å². The standard InChI is InChI=1S/C13H13Cl2N3O/c1-2-18-7-9(16)6-12(18)13(19)17-11-4-3-8(14)5-10(11)15/h3-7H,2,16H2,1H3,(H,17,19). The zero-order chi connectivity index (χ0) is 14.0. The van der Waals surface area contributed by atoms with Crippen LogP contribution >= 0.6 is 23.2 Å². The molecule has 3 N–H and O–H groups in total. The number of rotatable bonds is 3. The van der Waals surface area contributed by atoms with E-state index in [-0.39, 0.29) is 5.91 Å². The molecule has 0 aliphatic heterocycles. The number of hydrogen-bond acceptors (Lipinski definition) is 2. The van der Waals surface area contributed by atoms with Crippen LogP contribution in [0.15, 0.2) is 30.5 Å². The van der Waals surface area contributed by atoms with Gasteiger partial charge in [-0.05, 0) is 31.2 Å². The first kappa shape index (κ1) is 13.8. The Bertz CT molecular complexity index is 622. The summed E-state index contributed by atoms with van der Waals surface area (Å²) in [6.45, 7) is 2.60. The lowest BCUT2D eigenvalue weighted by atomic mass is 10.3. The third-order valence-electron chi connectivity index (χ3n) is 2.67. The molecule has 100 valence electrons. The van der Waals surface area contributed by atoms with Crippen LogP contribution in [0.3, 0.4) is 0 Å². The van der Waals surface area contributed by atoms with Crippen LogP contribution in [0.25, 0.3) is 0 Å². The number of carbonyl (C=O) groups is 1. The van der Waals surface area contributed by atoms with E-state index < -0.39 is 0 Å². The number of anilines is 2. The fourth-order valence-corrected chi connectivity index (χ4v) is 2.22. The lowest BCUT2D eigenvalue weighted by Crippen LogP contribution is -2.16. The largest absolute Gasteiger partial charge is 0.397 e. The van der Waals surface area contributed by atoms with Gasteiger partial charge in [-0.25, -0.2) is 0 Å². The zero-order valence-corrected chi connectivity index (χ0v) is 11.8. The van der Waals surface area contributed by atoms with E-state index in [1.54, 1.807) is 35.0 Å². The molecule has 19 heavy (non-hydrogen) atoms. The summed E-state index contributed by atoms with van der Waals surface area (Å²) >= 11 is 11.8. The molecule has 0 saturated carbocycles. The minimum atomic E-state index is -0.261. The van der Waals surface area contributed by atoms with E-state index in [9.17, 15) is 4.79 Å². The molecule has 0 radical (unpaired) electrons. The maximum absolute atomic E-state index is 12.2. The van der Waals surface area contributed by atoms with Crippen LogP contribution in [0.5, 0.6) is 0 Å². The lowest BCUT2D eigenvalue weighted by Gasteiger charge is -2.09. The van der Waals surface area contributed by atoms with Crippen molar-refractivity contribution in [2.45, 2.75) is 13.5 Å². The predicted molar refractivity (Wildman–Crippen MR) is 78.9 cm³/mol. The smallest absolute Gasteiger partial charge is 0.272 e. The summed E-state index contributed by atoms with van der Waals surface area (Å²) in [5.74, 6) is -0.261. The molecule has 0 aliphatic rings. The summed E-state index contributed by atoms with van der Waals surface area (Å²) in [6.07, 6.45) is 1.72. The number of nitrogens with one attached hydrogen (secondary N) is 1. The topological polar surface area (TPSA) is 60.0 Å². The molecule has 1 heterocycles. The van der Waals surface area contributed by atoms with Gasteiger partial charge >= 0.3 is 0 Å². The van der Waals surface area contributed by atoms with Crippen LogP contribution in [0, 0.1) is 0 Å². The van der Waals surface area contributed by atoms with Gasteiger partial charge in [-0.3, -0.25) is 4.79 Å². The maximum Gasteiger partial charge on any atom is 0.272 e. The molecule has 0 fully saturated rings. The molecular weight excluding hydrogens is 285 g/mol. The summed E-state index contributed by atoms with van der Waals surface area (Å²) in [4.78, 5) is 12.2. The average Bonchev–Trinajstić information content (AvgIpc) is 2.74. The van der Waals surface area contributed by atoms with Crippen molar-refractivity contribution in [3.8, 4) is 0 Å². The van der Waals surface area contributed by atoms with E-state index in [0.717, 1.165) is 0 Å². The Morgan fingerprint density at radius 3 is 2.74 bits per heavy atom. The molecule has 0 aliphatic carbocycles. The highest BCUT2D eigenvalue weighted by molar-refractivity contribution is 6.36. The van der Waals surface area contributed by atoms with Crippen LogP contribution in [0.2, 0.25) is 10.0 Å². The van der Waals surface area contributed by atoms with Gasteiger partial charge in [0.15, 0.2) is 0 Å². The van der Waals surface area contributed by atoms with Crippen molar-refractivity contribution in [1.82, 2.24) is 4.57 Å². The Labute approximate surface area is 121 Å². The van der Waals surface area contributed by atoms with E-state index in [2.05, 4.69) is 5.32 Å². The number of benzene rings is 1. The Balaban J connectivity index is 2.25. The van der Waals surface area contributed by atoms with E-state index in [4.69, 9.17) is 28.9 Å². The van der Waals surface area contributed by atoms with Crippen molar-refractivity contribution in [2.24, 2.45) is 0 Å². The summed E-state index contributed by atoms with van der Waals surface area (Å²) in [6, 6.07) is 6.52. The minimum absolute atomic E-state index is 0.261. The fourth-order valence-electron chi connectivity index (χ4n) is 1.76. The number of halogens is 2. The van der Waals surface area contributed by atoms with Gasteiger partial charge in [0.05, 0.1) is 16.4 Å².